The number of nitrogens with one attached hydrogen (secondary N) is 2. The minimum Gasteiger partial charge on any atom is -0.457 e. The Labute approximate surface area is 251 Å². The molecule has 2 aromatic heterocycles. The highest BCUT2D eigenvalue weighted by molar-refractivity contribution is 6.04. The van der Waals surface area contributed by atoms with Gasteiger partial charge in [0.2, 0.25) is 0 Å². The molecule has 2 unspecified atom stereocenters. The highest BCUT2D eigenvalue weighted by Crippen LogP contribution is 2.28. The van der Waals surface area contributed by atoms with E-state index in [9.17, 15) is 28.3 Å². The smallest absolute Gasteiger partial charge is 0.323 e. The molecule has 228 valence electrons. The number of nitrogens with zero attached hydrogens (tertiary/aromatic N) is 3. The number of aromatic nitrogens is 2. The second kappa shape index (κ2) is 13.5. The maximum atomic E-state index is 15.0. The van der Waals surface area contributed by atoms with E-state index in [1.165, 1.54) is 71.6 Å². The van der Waals surface area contributed by atoms with Crippen LogP contribution in [0.2, 0.25) is 0 Å². The highest BCUT2D eigenvalue weighted by Gasteiger charge is 2.26. The first-order chi connectivity index (χ1) is 21.2. The summed E-state index contributed by atoms with van der Waals surface area (Å²) in [5.74, 6) is -1.19. The number of rotatable bonds is 9. The molecular formula is C32H31F2N5O5. The normalized spacial score (nSPS) is 15.9. The summed E-state index contributed by atoms with van der Waals surface area (Å²) in [6, 6.07) is 14.5. The molecule has 0 spiro atoms. The van der Waals surface area contributed by atoms with Crippen molar-refractivity contribution in [3.05, 3.63) is 107 Å². The van der Waals surface area contributed by atoms with E-state index >= 15 is 0 Å². The SMILES string of the molecule is CCN(CC1CCC(O)C1)C(=O)Nc1cc(Oc2ccc(NC(=O)c3cccn(-c4ccc(F)cc4)c3=O)c(F)c2)ccn1. The van der Waals surface area contributed by atoms with E-state index in [0.717, 1.165) is 18.9 Å². The van der Waals surface area contributed by atoms with Crippen molar-refractivity contribution in [2.24, 2.45) is 5.92 Å². The van der Waals surface area contributed by atoms with Crippen LogP contribution in [0.4, 0.5) is 25.1 Å². The molecule has 3 amide bonds. The maximum Gasteiger partial charge on any atom is 0.323 e. The van der Waals surface area contributed by atoms with E-state index in [-0.39, 0.29) is 40.9 Å². The molecule has 3 N–H and O–H groups in total. The van der Waals surface area contributed by atoms with E-state index in [4.69, 9.17) is 4.74 Å². The second-order valence-corrected chi connectivity index (χ2v) is 10.4. The van der Waals surface area contributed by atoms with Crippen LogP contribution in [0.15, 0.2) is 83.9 Å². The fourth-order valence-electron chi connectivity index (χ4n) is 5.07. The lowest BCUT2D eigenvalue weighted by atomic mass is 10.1. The highest BCUT2D eigenvalue weighted by atomic mass is 19.1. The van der Waals surface area contributed by atoms with Crippen LogP contribution < -0.4 is 20.9 Å². The fourth-order valence-corrected chi connectivity index (χ4v) is 5.07. The van der Waals surface area contributed by atoms with Crippen LogP contribution in [-0.2, 0) is 0 Å². The summed E-state index contributed by atoms with van der Waals surface area (Å²) in [5, 5.41) is 14.9. The molecule has 0 bridgehead atoms. The number of carbonyl (C=O) groups is 2. The van der Waals surface area contributed by atoms with Crippen molar-refractivity contribution < 1.29 is 28.2 Å². The number of ether oxygens (including phenoxy) is 1. The van der Waals surface area contributed by atoms with E-state index in [2.05, 4.69) is 15.6 Å². The number of benzene rings is 2. The molecule has 2 atom stereocenters. The summed E-state index contributed by atoms with van der Waals surface area (Å²) in [7, 11) is 0. The Hall–Kier alpha value is -5.10. The molecule has 5 rings (SSSR count). The van der Waals surface area contributed by atoms with Gasteiger partial charge in [0.15, 0.2) is 0 Å². The number of anilines is 2. The number of aliphatic hydroxyl groups excluding tert-OH is 1. The Morgan fingerprint density at radius 3 is 2.52 bits per heavy atom. The standard InChI is InChI=1S/C32H31F2N5O5/c1-2-38(19-20-5-10-23(40)16-20)32(43)37-29-18-25(13-14-35-29)44-24-11-12-28(27(34)17-24)36-30(41)26-4-3-15-39(31(26)42)22-8-6-21(33)7-9-22/h3-4,6-9,11-15,17-18,20,23,40H,2,5,10,16,19H2,1H3,(H,36,41)(H,35,37,43). The minimum atomic E-state index is -0.821. The van der Waals surface area contributed by atoms with Crippen molar-refractivity contribution in [2.45, 2.75) is 32.3 Å². The summed E-state index contributed by atoms with van der Waals surface area (Å²) < 4.78 is 35.2. The monoisotopic (exact) mass is 603 g/mol. The first kappa shape index (κ1) is 30.4. The Balaban J connectivity index is 1.22. The Kier molecular flexibility index (Phi) is 9.29. The zero-order chi connectivity index (χ0) is 31.2. The van der Waals surface area contributed by atoms with Gasteiger partial charge in [0.25, 0.3) is 11.5 Å². The zero-order valence-electron chi connectivity index (χ0n) is 23.9. The molecule has 44 heavy (non-hydrogen) atoms. The summed E-state index contributed by atoms with van der Waals surface area (Å²) in [6.45, 7) is 2.90. The number of carbonyl (C=O) groups excluding carboxylic acids is 2. The van der Waals surface area contributed by atoms with Crippen LogP contribution in [0.5, 0.6) is 11.5 Å². The van der Waals surface area contributed by atoms with E-state index in [0.29, 0.717) is 30.9 Å². The maximum absolute atomic E-state index is 15.0. The van der Waals surface area contributed by atoms with Crippen molar-refractivity contribution in [1.29, 1.82) is 0 Å². The predicted molar refractivity (Wildman–Crippen MR) is 160 cm³/mol. The van der Waals surface area contributed by atoms with Crippen molar-refractivity contribution in [3.63, 3.8) is 0 Å². The van der Waals surface area contributed by atoms with Gasteiger partial charge in [0.1, 0.15) is 34.5 Å². The number of urea groups is 1. The molecule has 1 aliphatic rings. The molecule has 0 radical (unpaired) electrons. The Morgan fingerprint density at radius 2 is 1.82 bits per heavy atom. The molecule has 0 saturated heterocycles. The molecule has 1 fully saturated rings. The summed E-state index contributed by atoms with van der Waals surface area (Å²) in [6.07, 6.45) is 4.85. The third-order valence-corrected chi connectivity index (χ3v) is 7.35. The van der Waals surface area contributed by atoms with Crippen LogP contribution in [0.25, 0.3) is 5.69 Å². The quantitative estimate of drug-likeness (QED) is 0.230. The molecule has 1 aliphatic carbocycles. The molecule has 0 aliphatic heterocycles. The van der Waals surface area contributed by atoms with Crippen molar-refractivity contribution in [2.75, 3.05) is 23.7 Å². The lowest BCUT2D eigenvalue weighted by Crippen LogP contribution is -2.38. The second-order valence-electron chi connectivity index (χ2n) is 10.4. The first-order valence-electron chi connectivity index (χ1n) is 14.2. The van der Waals surface area contributed by atoms with Gasteiger partial charge >= 0.3 is 6.03 Å². The summed E-state index contributed by atoms with van der Waals surface area (Å²) in [4.78, 5) is 44.4. The average molecular weight is 604 g/mol. The van der Waals surface area contributed by atoms with E-state index in [1.54, 1.807) is 11.0 Å². The number of hydrogen-bond donors (Lipinski definition) is 3. The van der Waals surface area contributed by atoms with Gasteiger partial charge in [-0.05, 0) is 86.7 Å². The van der Waals surface area contributed by atoms with Gasteiger partial charge in [0, 0.05) is 43.3 Å². The van der Waals surface area contributed by atoms with Gasteiger partial charge in [-0.2, -0.15) is 0 Å². The number of halogens is 2. The number of hydrogen-bond acceptors (Lipinski definition) is 6. The average Bonchev–Trinajstić information content (AvgIpc) is 3.42. The van der Waals surface area contributed by atoms with Crippen LogP contribution in [0.3, 0.4) is 0 Å². The lowest BCUT2D eigenvalue weighted by molar-refractivity contribution is 0.102. The van der Waals surface area contributed by atoms with Gasteiger partial charge in [-0.15, -0.1) is 0 Å². The van der Waals surface area contributed by atoms with Crippen molar-refractivity contribution in [1.82, 2.24) is 14.5 Å². The van der Waals surface area contributed by atoms with Crippen molar-refractivity contribution >= 4 is 23.4 Å². The van der Waals surface area contributed by atoms with Gasteiger partial charge in [-0.1, -0.05) is 0 Å². The lowest BCUT2D eigenvalue weighted by Gasteiger charge is -2.24. The molecule has 1 saturated carbocycles. The van der Waals surface area contributed by atoms with Crippen molar-refractivity contribution in [3.8, 4) is 17.2 Å². The fraction of sp³-hybridized carbons (Fsp3) is 0.250. The summed E-state index contributed by atoms with van der Waals surface area (Å²) in [5.41, 5.74) is -0.691. The molecule has 12 heteroatoms. The van der Waals surface area contributed by atoms with E-state index < -0.39 is 23.1 Å². The predicted octanol–water partition coefficient (Wildman–Crippen LogP) is 5.57. The van der Waals surface area contributed by atoms with Crippen LogP contribution >= 0.6 is 0 Å². The zero-order valence-corrected chi connectivity index (χ0v) is 23.9. The largest absolute Gasteiger partial charge is 0.457 e. The Bertz CT molecular complexity index is 1710. The topological polar surface area (TPSA) is 126 Å². The molecule has 10 nitrogen and oxygen atoms in total. The van der Waals surface area contributed by atoms with Crippen LogP contribution in [0.1, 0.15) is 36.5 Å². The summed E-state index contributed by atoms with van der Waals surface area (Å²) >= 11 is 0. The van der Waals surface area contributed by atoms with Gasteiger partial charge < -0.3 is 20.1 Å². The molecular weight excluding hydrogens is 572 g/mol. The number of aliphatic hydroxyl groups is 1. The number of pyridine rings is 2. The van der Waals surface area contributed by atoms with Crippen LogP contribution in [0, 0.1) is 17.6 Å². The Morgan fingerprint density at radius 1 is 1.05 bits per heavy atom. The third-order valence-electron chi connectivity index (χ3n) is 7.35. The van der Waals surface area contributed by atoms with Crippen LogP contribution in [-0.4, -0.2) is 50.7 Å². The van der Waals surface area contributed by atoms with Gasteiger partial charge in [-0.25, -0.2) is 18.6 Å². The van der Waals surface area contributed by atoms with Gasteiger partial charge in [-0.3, -0.25) is 19.5 Å². The molecule has 2 aromatic carbocycles. The minimum absolute atomic E-state index is 0.123. The molecule has 2 heterocycles. The van der Waals surface area contributed by atoms with Gasteiger partial charge in [0.05, 0.1) is 11.8 Å². The first-order valence-corrected chi connectivity index (χ1v) is 14.2. The van der Waals surface area contributed by atoms with E-state index in [1.807, 2.05) is 6.92 Å². The third kappa shape index (κ3) is 7.27. The molecule has 4 aromatic rings. The number of amides is 3.